The Morgan fingerprint density at radius 3 is 2.36 bits per heavy atom. The van der Waals surface area contributed by atoms with Gasteiger partial charge in [0.2, 0.25) is 0 Å². The summed E-state index contributed by atoms with van der Waals surface area (Å²) in [6.07, 6.45) is 1.78. The van der Waals surface area contributed by atoms with Crippen LogP contribution in [0.2, 0.25) is 0 Å². The molecular formula is C15H14O6S. The van der Waals surface area contributed by atoms with E-state index in [9.17, 15) is 22.9 Å². The summed E-state index contributed by atoms with van der Waals surface area (Å²) in [4.78, 5) is 11.7. The van der Waals surface area contributed by atoms with E-state index in [1.807, 2.05) is 0 Å². The monoisotopic (exact) mass is 322 g/mol. The van der Waals surface area contributed by atoms with Crippen molar-refractivity contribution in [2.24, 2.45) is 0 Å². The van der Waals surface area contributed by atoms with E-state index in [0.717, 1.165) is 12.2 Å². The first kappa shape index (κ1) is 16.0. The Balaban J connectivity index is 2.67. The minimum Gasteiger partial charge on any atom is -0.507 e. The predicted molar refractivity (Wildman–Crippen MR) is 80.3 cm³/mol. The Morgan fingerprint density at radius 1 is 1.18 bits per heavy atom. The van der Waals surface area contributed by atoms with Crippen molar-refractivity contribution in [2.75, 3.05) is 7.11 Å². The minimum atomic E-state index is -4.52. The molecule has 1 aliphatic carbocycles. The molecule has 2 rings (SSSR count). The highest BCUT2D eigenvalue weighted by atomic mass is 32.2. The summed E-state index contributed by atoms with van der Waals surface area (Å²) >= 11 is 0. The molecule has 1 aromatic rings. The van der Waals surface area contributed by atoms with Gasteiger partial charge in [0.25, 0.3) is 10.1 Å². The van der Waals surface area contributed by atoms with Crippen LogP contribution in [0.5, 0.6) is 0 Å². The number of aliphatic hydroxyl groups is 1. The number of ether oxygens (including phenoxy) is 1. The highest BCUT2D eigenvalue weighted by Crippen LogP contribution is 2.27. The number of allylic oxidation sites excluding steroid dienone is 4. The van der Waals surface area contributed by atoms with E-state index >= 15 is 0 Å². The summed E-state index contributed by atoms with van der Waals surface area (Å²) < 4.78 is 37.0. The van der Waals surface area contributed by atoms with Crippen LogP contribution < -0.4 is 0 Å². The van der Waals surface area contributed by atoms with Gasteiger partial charge >= 0.3 is 0 Å². The second-order valence-electron chi connectivity index (χ2n) is 4.57. The smallest absolute Gasteiger partial charge is 0.291 e. The van der Waals surface area contributed by atoms with Gasteiger partial charge in [-0.2, -0.15) is 8.42 Å². The largest absolute Gasteiger partial charge is 0.507 e. The number of ketones is 1. The Kier molecular flexibility index (Phi) is 4.48. The minimum absolute atomic E-state index is 0.0738. The average Bonchev–Trinajstić information content (AvgIpc) is 2.66. The molecule has 0 bridgehead atoms. The topological polar surface area (TPSA) is 101 Å². The molecule has 0 saturated carbocycles. The summed E-state index contributed by atoms with van der Waals surface area (Å²) in [6.45, 7) is 0. The highest BCUT2D eigenvalue weighted by molar-refractivity contribution is 7.89. The molecule has 0 fully saturated rings. The molecule has 0 amide bonds. The number of carbonyl (C=O) groups excluding carboxylic acids is 1. The lowest BCUT2D eigenvalue weighted by atomic mass is 10.0. The van der Waals surface area contributed by atoms with E-state index in [4.69, 9.17) is 4.74 Å². The van der Waals surface area contributed by atoms with Crippen molar-refractivity contribution in [3.63, 3.8) is 0 Å². The molecule has 0 saturated heterocycles. The van der Waals surface area contributed by atoms with Gasteiger partial charge in [0, 0.05) is 18.1 Å². The van der Waals surface area contributed by atoms with Gasteiger partial charge in [-0.25, -0.2) is 0 Å². The standard InChI is InChI=1S/C15H14O6S/c1-21-11-7-12(22(18,19)20)9-13(14(16)8-11)15(17)10-5-3-2-4-6-10/h2-6,8-9,17H,7H2,1H3,(H,18,19,20). The van der Waals surface area contributed by atoms with Crippen LogP contribution in [0, 0.1) is 0 Å². The fourth-order valence-corrected chi connectivity index (χ4v) is 2.55. The van der Waals surface area contributed by atoms with Gasteiger partial charge in [-0.3, -0.25) is 9.35 Å². The van der Waals surface area contributed by atoms with Crippen LogP contribution in [-0.4, -0.2) is 31.0 Å². The molecule has 0 aromatic heterocycles. The third kappa shape index (κ3) is 3.44. The summed E-state index contributed by atoms with van der Waals surface area (Å²) in [5.41, 5.74) is 0.122. The van der Waals surface area contributed by atoms with Crippen molar-refractivity contribution in [3.8, 4) is 0 Å². The molecule has 0 unspecified atom stereocenters. The number of methoxy groups -OCH3 is 1. The Hall–Kier alpha value is -2.38. The molecule has 1 aromatic carbocycles. The van der Waals surface area contributed by atoms with Crippen LogP contribution in [0.15, 0.2) is 58.7 Å². The van der Waals surface area contributed by atoms with Crippen LogP contribution in [0.25, 0.3) is 5.76 Å². The van der Waals surface area contributed by atoms with Crippen molar-refractivity contribution < 1.29 is 27.6 Å². The first-order valence-corrected chi connectivity index (χ1v) is 7.72. The van der Waals surface area contributed by atoms with Gasteiger partial charge in [0.15, 0.2) is 5.78 Å². The average molecular weight is 322 g/mol. The molecule has 6 nitrogen and oxygen atoms in total. The zero-order valence-corrected chi connectivity index (χ0v) is 12.5. The summed E-state index contributed by atoms with van der Waals surface area (Å²) in [7, 11) is -3.24. The van der Waals surface area contributed by atoms with E-state index in [2.05, 4.69) is 0 Å². The van der Waals surface area contributed by atoms with Crippen molar-refractivity contribution in [2.45, 2.75) is 6.42 Å². The van der Waals surface area contributed by atoms with Crippen LogP contribution in [0.4, 0.5) is 0 Å². The van der Waals surface area contributed by atoms with Crippen LogP contribution in [0.1, 0.15) is 12.0 Å². The van der Waals surface area contributed by atoms with Crippen molar-refractivity contribution >= 4 is 21.7 Å². The van der Waals surface area contributed by atoms with E-state index in [0.29, 0.717) is 5.56 Å². The van der Waals surface area contributed by atoms with Gasteiger partial charge in [-0.15, -0.1) is 0 Å². The molecule has 0 aliphatic heterocycles. The first-order valence-electron chi connectivity index (χ1n) is 6.28. The number of benzene rings is 1. The van der Waals surface area contributed by atoms with Gasteiger partial charge in [0.05, 0.1) is 17.6 Å². The molecule has 2 N–H and O–H groups in total. The van der Waals surface area contributed by atoms with Crippen molar-refractivity contribution in [3.05, 3.63) is 64.3 Å². The third-order valence-electron chi connectivity index (χ3n) is 3.11. The summed E-state index contributed by atoms with van der Waals surface area (Å²) in [5.74, 6) is -0.915. The fourth-order valence-electron chi connectivity index (χ4n) is 1.96. The second-order valence-corrected chi connectivity index (χ2v) is 6.04. The Labute approximate surface area is 127 Å². The molecule has 0 radical (unpaired) electrons. The quantitative estimate of drug-likeness (QED) is 0.503. The number of hydrogen-bond acceptors (Lipinski definition) is 5. The second kappa shape index (κ2) is 6.17. The number of aliphatic hydroxyl groups excluding tert-OH is 1. The molecule has 0 atom stereocenters. The van der Waals surface area contributed by atoms with E-state index in [1.165, 1.54) is 7.11 Å². The normalized spacial score (nSPS) is 18.2. The van der Waals surface area contributed by atoms with Gasteiger partial charge in [-0.05, 0) is 6.08 Å². The molecule has 7 heteroatoms. The van der Waals surface area contributed by atoms with Gasteiger partial charge in [-0.1, -0.05) is 30.3 Å². The SMILES string of the molecule is COC1=CC(=O)C(=C(O)c2ccccc2)C=C(S(=O)(=O)O)C1. The molecule has 0 heterocycles. The van der Waals surface area contributed by atoms with E-state index in [-0.39, 0.29) is 23.5 Å². The number of rotatable bonds is 3. The van der Waals surface area contributed by atoms with Crippen LogP contribution in [-0.2, 0) is 19.6 Å². The zero-order chi connectivity index (χ0) is 16.3. The molecule has 1 aliphatic rings. The Morgan fingerprint density at radius 2 is 1.82 bits per heavy atom. The summed E-state index contributed by atoms with van der Waals surface area (Å²) in [6, 6.07) is 8.21. The van der Waals surface area contributed by atoms with Crippen molar-refractivity contribution in [1.82, 2.24) is 0 Å². The maximum Gasteiger partial charge on any atom is 0.291 e. The lowest BCUT2D eigenvalue weighted by Crippen LogP contribution is -2.04. The van der Waals surface area contributed by atoms with Crippen LogP contribution in [0.3, 0.4) is 0 Å². The lowest BCUT2D eigenvalue weighted by molar-refractivity contribution is -0.111. The molecular weight excluding hydrogens is 308 g/mol. The molecule has 22 heavy (non-hydrogen) atoms. The maximum absolute atomic E-state index is 12.2. The number of carbonyl (C=O) groups is 1. The fraction of sp³-hybridized carbons (Fsp3) is 0.133. The Bertz CT molecular complexity index is 785. The van der Waals surface area contributed by atoms with E-state index < -0.39 is 20.8 Å². The summed E-state index contributed by atoms with van der Waals surface area (Å²) in [5, 5.41) is 10.3. The van der Waals surface area contributed by atoms with E-state index in [1.54, 1.807) is 30.3 Å². The van der Waals surface area contributed by atoms with Gasteiger partial charge < -0.3 is 9.84 Å². The molecule has 0 spiro atoms. The third-order valence-corrected chi connectivity index (χ3v) is 4.03. The highest BCUT2D eigenvalue weighted by Gasteiger charge is 2.25. The van der Waals surface area contributed by atoms with Gasteiger partial charge in [0.1, 0.15) is 11.5 Å². The first-order chi connectivity index (χ1) is 10.3. The van der Waals surface area contributed by atoms with Crippen molar-refractivity contribution in [1.29, 1.82) is 0 Å². The predicted octanol–water partition coefficient (Wildman–Crippen LogP) is 2.23. The zero-order valence-electron chi connectivity index (χ0n) is 11.7. The molecule has 116 valence electrons. The maximum atomic E-state index is 12.2. The lowest BCUT2D eigenvalue weighted by Gasteiger charge is -2.05. The number of hydrogen-bond donors (Lipinski definition) is 2. The van der Waals surface area contributed by atoms with Crippen LogP contribution >= 0.6 is 0 Å².